The summed E-state index contributed by atoms with van der Waals surface area (Å²) in [4.78, 5) is 12.1. The summed E-state index contributed by atoms with van der Waals surface area (Å²) < 4.78 is 11.2. The predicted octanol–water partition coefficient (Wildman–Crippen LogP) is 5.10. The van der Waals surface area contributed by atoms with Crippen molar-refractivity contribution in [3.05, 3.63) is 95.1 Å². The third-order valence-electron chi connectivity index (χ3n) is 3.88. The number of rotatable bonds is 5. The lowest BCUT2D eigenvalue weighted by molar-refractivity contribution is 0.0734. The molecule has 0 atom stereocenters. The molecule has 0 aliphatic carbocycles. The molecule has 0 N–H and O–H groups in total. The topological polar surface area (TPSA) is 35.5 Å². The fourth-order valence-corrected chi connectivity index (χ4v) is 2.42. The Balaban J connectivity index is 1.62. The van der Waals surface area contributed by atoms with Crippen LogP contribution in [0.25, 0.3) is 0 Å². The molecule has 0 fully saturated rings. The van der Waals surface area contributed by atoms with E-state index in [1.807, 2.05) is 56.3 Å². The molecule has 0 aromatic heterocycles. The second-order valence-corrected chi connectivity index (χ2v) is 5.96. The van der Waals surface area contributed by atoms with E-state index in [0.717, 1.165) is 16.9 Å². The SMILES string of the molecule is Cc1ccc(C)c(OCc2ccc(C(=O)Oc3ccccc3)cc2)c1. The molecule has 0 spiro atoms. The number of esters is 1. The Bertz CT molecular complexity index is 852. The molecule has 3 rings (SSSR count). The van der Waals surface area contributed by atoms with E-state index in [9.17, 15) is 4.79 Å². The van der Waals surface area contributed by atoms with Gasteiger partial charge in [0.25, 0.3) is 0 Å². The molecular weight excluding hydrogens is 312 g/mol. The molecule has 25 heavy (non-hydrogen) atoms. The molecule has 126 valence electrons. The molecule has 0 saturated carbocycles. The van der Waals surface area contributed by atoms with Gasteiger partial charge >= 0.3 is 5.97 Å². The van der Waals surface area contributed by atoms with E-state index in [-0.39, 0.29) is 5.97 Å². The van der Waals surface area contributed by atoms with Crippen LogP contribution in [0.15, 0.2) is 72.8 Å². The predicted molar refractivity (Wildman–Crippen MR) is 98.1 cm³/mol. The molecule has 3 aromatic rings. The smallest absolute Gasteiger partial charge is 0.343 e. The van der Waals surface area contributed by atoms with Crippen LogP contribution in [0.4, 0.5) is 0 Å². The second-order valence-electron chi connectivity index (χ2n) is 5.96. The van der Waals surface area contributed by atoms with Gasteiger partial charge in [-0.15, -0.1) is 0 Å². The number of carbonyl (C=O) groups excluding carboxylic acids is 1. The first-order valence-electron chi connectivity index (χ1n) is 8.18. The first kappa shape index (κ1) is 16.8. The Hall–Kier alpha value is -3.07. The van der Waals surface area contributed by atoms with Crippen molar-refractivity contribution < 1.29 is 14.3 Å². The van der Waals surface area contributed by atoms with E-state index < -0.39 is 0 Å². The minimum atomic E-state index is -0.367. The molecule has 0 bridgehead atoms. The maximum atomic E-state index is 12.1. The molecule has 0 amide bonds. The van der Waals surface area contributed by atoms with Crippen LogP contribution >= 0.6 is 0 Å². The zero-order valence-electron chi connectivity index (χ0n) is 14.4. The molecule has 0 saturated heterocycles. The van der Waals surface area contributed by atoms with E-state index in [0.29, 0.717) is 17.9 Å². The second kappa shape index (κ2) is 7.67. The van der Waals surface area contributed by atoms with Crippen molar-refractivity contribution in [2.75, 3.05) is 0 Å². The van der Waals surface area contributed by atoms with Gasteiger partial charge in [0, 0.05) is 0 Å². The van der Waals surface area contributed by atoms with E-state index in [1.165, 1.54) is 5.56 Å². The quantitative estimate of drug-likeness (QED) is 0.481. The third kappa shape index (κ3) is 4.48. The zero-order chi connectivity index (χ0) is 17.6. The summed E-state index contributed by atoms with van der Waals surface area (Å²) in [7, 11) is 0. The van der Waals surface area contributed by atoms with Crippen LogP contribution in [0.1, 0.15) is 27.0 Å². The minimum absolute atomic E-state index is 0.367. The largest absolute Gasteiger partial charge is 0.489 e. The van der Waals surface area contributed by atoms with E-state index in [4.69, 9.17) is 9.47 Å². The van der Waals surface area contributed by atoms with Crippen molar-refractivity contribution in [1.82, 2.24) is 0 Å². The number of para-hydroxylation sites is 1. The highest BCUT2D eigenvalue weighted by Gasteiger charge is 2.08. The molecule has 3 heteroatoms. The average Bonchev–Trinajstić information content (AvgIpc) is 2.64. The first-order chi connectivity index (χ1) is 12.1. The highest BCUT2D eigenvalue weighted by atomic mass is 16.5. The summed E-state index contributed by atoms with van der Waals surface area (Å²) in [6, 6.07) is 22.5. The van der Waals surface area contributed by atoms with Gasteiger partial charge in [-0.2, -0.15) is 0 Å². The van der Waals surface area contributed by atoms with Crippen LogP contribution in [-0.2, 0) is 6.61 Å². The van der Waals surface area contributed by atoms with Crippen molar-refractivity contribution in [2.45, 2.75) is 20.5 Å². The number of aryl methyl sites for hydroxylation is 2. The van der Waals surface area contributed by atoms with Crippen LogP contribution in [0, 0.1) is 13.8 Å². The van der Waals surface area contributed by atoms with Crippen LogP contribution < -0.4 is 9.47 Å². The molecule has 3 nitrogen and oxygen atoms in total. The van der Waals surface area contributed by atoms with Crippen molar-refractivity contribution in [1.29, 1.82) is 0 Å². The van der Waals surface area contributed by atoms with Crippen molar-refractivity contribution >= 4 is 5.97 Å². The summed E-state index contributed by atoms with van der Waals surface area (Å²) in [5.41, 5.74) is 3.78. The highest BCUT2D eigenvalue weighted by molar-refractivity contribution is 5.91. The fourth-order valence-electron chi connectivity index (χ4n) is 2.42. The van der Waals surface area contributed by atoms with Gasteiger partial charge < -0.3 is 9.47 Å². The maximum Gasteiger partial charge on any atom is 0.343 e. The van der Waals surface area contributed by atoms with Gasteiger partial charge in [-0.05, 0) is 60.9 Å². The normalized spacial score (nSPS) is 10.3. The number of benzene rings is 3. The van der Waals surface area contributed by atoms with Crippen LogP contribution in [0.3, 0.4) is 0 Å². The summed E-state index contributed by atoms with van der Waals surface area (Å²) in [5, 5.41) is 0. The van der Waals surface area contributed by atoms with Crippen LogP contribution in [0.2, 0.25) is 0 Å². The van der Waals surface area contributed by atoms with Crippen molar-refractivity contribution in [3.8, 4) is 11.5 Å². The average molecular weight is 332 g/mol. The standard InChI is InChI=1S/C22H20O3/c1-16-8-9-17(2)21(14-16)24-15-18-10-12-19(13-11-18)22(23)25-20-6-4-3-5-7-20/h3-14H,15H2,1-2H3. The molecule has 0 heterocycles. The Morgan fingerprint density at radius 2 is 1.60 bits per heavy atom. The van der Waals surface area contributed by atoms with Crippen molar-refractivity contribution in [3.63, 3.8) is 0 Å². The number of carbonyl (C=O) groups is 1. The molecule has 0 unspecified atom stereocenters. The van der Waals surface area contributed by atoms with Crippen LogP contribution in [-0.4, -0.2) is 5.97 Å². The van der Waals surface area contributed by atoms with Gasteiger partial charge in [0.15, 0.2) is 0 Å². The minimum Gasteiger partial charge on any atom is -0.489 e. The summed E-state index contributed by atoms with van der Waals surface area (Å²) in [6.07, 6.45) is 0. The van der Waals surface area contributed by atoms with Gasteiger partial charge in [0.1, 0.15) is 18.1 Å². The van der Waals surface area contributed by atoms with Gasteiger partial charge in [-0.3, -0.25) is 0 Å². The molecular formula is C22H20O3. The third-order valence-corrected chi connectivity index (χ3v) is 3.88. The van der Waals surface area contributed by atoms with Gasteiger partial charge in [-0.25, -0.2) is 4.79 Å². The molecule has 0 aliphatic heterocycles. The molecule has 0 aliphatic rings. The fraction of sp³-hybridized carbons (Fsp3) is 0.136. The van der Waals surface area contributed by atoms with Gasteiger partial charge in [-0.1, -0.05) is 42.5 Å². The van der Waals surface area contributed by atoms with E-state index >= 15 is 0 Å². The van der Waals surface area contributed by atoms with Gasteiger partial charge in [0.2, 0.25) is 0 Å². The zero-order valence-corrected chi connectivity index (χ0v) is 14.4. The maximum absolute atomic E-state index is 12.1. The number of hydrogen-bond acceptors (Lipinski definition) is 3. The molecule has 3 aromatic carbocycles. The Morgan fingerprint density at radius 1 is 0.880 bits per heavy atom. The Labute approximate surface area is 147 Å². The van der Waals surface area contributed by atoms with Gasteiger partial charge in [0.05, 0.1) is 5.56 Å². The summed E-state index contributed by atoms with van der Waals surface area (Å²) >= 11 is 0. The Kier molecular flexibility index (Phi) is 5.14. The first-order valence-corrected chi connectivity index (χ1v) is 8.18. The lowest BCUT2D eigenvalue weighted by Crippen LogP contribution is -2.08. The number of hydrogen-bond donors (Lipinski definition) is 0. The molecule has 0 radical (unpaired) electrons. The van der Waals surface area contributed by atoms with Crippen LogP contribution in [0.5, 0.6) is 11.5 Å². The highest BCUT2D eigenvalue weighted by Crippen LogP contribution is 2.20. The lowest BCUT2D eigenvalue weighted by Gasteiger charge is -2.10. The lowest BCUT2D eigenvalue weighted by atomic mass is 10.1. The van der Waals surface area contributed by atoms with E-state index in [1.54, 1.807) is 24.3 Å². The summed E-state index contributed by atoms with van der Waals surface area (Å²) in [5.74, 6) is 1.05. The van der Waals surface area contributed by atoms with Crippen molar-refractivity contribution in [2.24, 2.45) is 0 Å². The number of ether oxygens (including phenoxy) is 2. The van der Waals surface area contributed by atoms with E-state index in [2.05, 4.69) is 6.07 Å². The summed E-state index contributed by atoms with van der Waals surface area (Å²) in [6.45, 7) is 4.52. The Morgan fingerprint density at radius 3 is 2.32 bits per heavy atom. The monoisotopic (exact) mass is 332 g/mol.